The normalized spacial score (nSPS) is 11.9. The van der Waals surface area contributed by atoms with Gasteiger partial charge in [-0.1, -0.05) is 39.8 Å². The number of carbonyl (C=O) groups excluding carboxylic acids is 8. The van der Waals surface area contributed by atoms with Gasteiger partial charge >= 0.3 is 17.7 Å². The number of carboxylic acid groups (broad SMARTS) is 1. The van der Waals surface area contributed by atoms with Gasteiger partial charge in [-0.15, -0.1) is 0 Å². The summed E-state index contributed by atoms with van der Waals surface area (Å²) in [5.74, 6) is -3.99. The molecule has 1 aromatic carbocycles. The van der Waals surface area contributed by atoms with E-state index in [-0.39, 0.29) is 58.2 Å². The minimum atomic E-state index is -0.945. The number of urea groups is 1. The second-order valence-electron chi connectivity index (χ2n) is 11.2. The summed E-state index contributed by atoms with van der Waals surface area (Å²) < 4.78 is 10.1. The van der Waals surface area contributed by atoms with Gasteiger partial charge < -0.3 is 46.9 Å². The molecule has 0 saturated heterocycles. The molecule has 0 saturated carbocycles. The largest absolute Gasteiger partial charge is 0.481 e. The van der Waals surface area contributed by atoms with Crippen LogP contribution in [0, 0.1) is 5.92 Å². The molecule has 0 bridgehead atoms. The van der Waals surface area contributed by atoms with Crippen molar-refractivity contribution in [3.8, 4) is 0 Å². The molecule has 1 aliphatic rings. The summed E-state index contributed by atoms with van der Waals surface area (Å²) in [7, 11) is 1.91. The minimum Gasteiger partial charge on any atom is -0.481 e. The minimum absolute atomic E-state index is 0.0217. The second kappa shape index (κ2) is 27.3. The van der Waals surface area contributed by atoms with E-state index in [0.717, 1.165) is 16.9 Å². The van der Waals surface area contributed by atoms with Crippen molar-refractivity contribution in [2.75, 3.05) is 44.7 Å². The quantitative estimate of drug-likeness (QED) is 0.0572. The zero-order chi connectivity index (χ0) is 40.3. The van der Waals surface area contributed by atoms with Gasteiger partial charge in [0.2, 0.25) is 23.6 Å². The van der Waals surface area contributed by atoms with Crippen molar-refractivity contribution in [1.29, 1.82) is 0 Å². The number of hydrogen-bond donors (Lipinski definition) is 7. The Morgan fingerprint density at radius 1 is 0.868 bits per heavy atom. The molecule has 1 aromatic rings. The lowest BCUT2D eigenvalue weighted by atomic mass is 10.0. The molecule has 0 radical (unpaired) electrons. The number of amides is 8. The number of aliphatic carboxylic acids is 1. The first-order chi connectivity index (χ1) is 25.0. The fraction of sp³-hybridized carbons (Fsp3) is 0.485. The van der Waals surface area contributed by atoms with Crippen molar-refractivity contribution in [3.63, 3.8) is 0 Å². The van der Waals surface area contributed by atoms with Crippen LogP contribution < -0.4 is 32.3 Å². The Hall–Kier alpha value is -5.42. The van der Waals surface area contributed by atoms with Crippen LogP contribution in [0.2, 0.25) is 0 Å². The number of carboxylic acids is 1. The molecule has 1 aliphatic heterocycles. The van der Waals surface area contributed by atoms with Crippen LogP contribution in [0.25, 0.3) is 0 Å². The molecular weight excluding hydrogens is 717 g/mol. The van der Waals surface area contributed by atoms with Crippen molar-refractivity contribution in [2.45, 2.75) is 59.6 Å². The van der Waals surface area contributed by atoms with Gasteiger partial charge in [0.1, 0.15) is 12.6 Å². The van der Waals surface area contributed by atoms with Gasteiger partial charge in [-0.05, 0) is 39.3 Å². The predicted octanol–water partition coefficient (Wildman–Crippen LogP) is 0.387. The number of carbonyl (C=O) groups is 9. The Labute approximate surface area is 309 Å². The molecule has 8 N–H and O–H groups in total. The number of primary amides is 1. The maximum atomic E-state index is 12.6. The maximum absolute atomic E-state index is 12.6. The average molecular weight is 768 g/mol. The molecule has 1 heterocycles. The lowest BCUT2D eigenvalue weighted by Gasteiger charge is -2.21. The van der Waals surface area contributed by atoms with Crippen LogP contribution in [0.15, 0.2) is 36.4 Å². The van der Waals surface area contributed by atoms with Crippen molar-refractivity contribution < 1.29 is 57.7 Å². The number of ether oxygens (including phenoxy) is 2. The summed E-state index contributed by atoms with van der Waals surface area (Å²) in [6.45, 7) is 7.23. The van der Waals surface area contributed by atoms with Crippen LogP contribution in [0.1, 0.15) is 52.5 Å². The molecule has 2 atom stereocenters. The second-order valence-corrected chi connectivity index (χ2v) is 11.7. The lowest BCUT2D eigenvalue weighted by Crippen LogP contribution is -2.52. The number of anilines is 1. The van der Waals surface area contributed by atoms with Gasteiger partial charge in [-0.2, -0.15) is 0 Å². The number of nitrogens with zero attached hydrogens (tertiary/aromatic N) is 1. The SMILES string of the molecule is CC(C)C(NC(=O)CNC(=O)CCOCCN1C(=O)C=CC1=O)C(=O)NCC(=O)Nc1ccc(COC(=O)P)cc1.CCC(=O)O.CCCNC(N)=O. The van der Waals surface area contributed by atoms with Gasteiger partial charge in [0.05, 0.1) is 32.8 Å². The van der Waals surface area contributed by atoms with E-state index >= 15 is 0 Å². The van der Waals surface area contributed by atoms with Gasteiger partial charge in [0.15, 0.2) is 0 Å². The third kappa shape index (κ3) is 23.6. The van der Waals surface area contributed by atoms with E-state index in [1.165, 1.54) is 12.2 Å². The van der Waals surface area contributed by atoms with Crippen LogP contribution in [-0.2, 0) is 49.6 Å². The first kappa shape index (κ1) is 47.6. The van der Waals surface area contributed by atoms with Gasteiger partial charge in [-0.25, -0.2) is 9.59 Å². The molecule has 0 aliphatic carbocycles. The molecule has 0 fully saturated rings. The fourth-order valence-electron chi connectivity index (χ4n) is 3.67. The highest BCUT2D eigenvalue weighted by atomic mass is 31.0. The van der Waals surface area contributed by atoms with E-state index in [0.29, 0.717) is 12.2 Å². The Morgan fingerprint density at radius 2 is 1.45 bits per heavy atom. The first-order valence-electron chi connectivity index (χ1n) is 16.5. The molecule has 2 unspecified atom stereocenters. The van der Waals surface area contributed by atoms with Crippen LogP contribution in [0.4, 0.5) is 15.3 Å². The van der Waals surface area contributed by atoms with E-state index < -0.39 is 59.2 Å². The van der Waals surface area contributed by atoms with Gasteiger partial charge in [-0.3, -0.25) is 38.5 Å². The topological polar surface area (TPSA) is 282 Å². The Bertz CT molecular complexity index is 1420. The van der Waals surface area contributed by atoms with Crippen molar-refractivity contribution >= 4 is 68.1 Å². The third-order valence-corrected chi connectivity index (χ3v) is 6.61. The monoisotopic (exact) mass is 767 g/mol. The Morgan fingerprint density at radius 3 is 1.94 bits per heavy atom. The highest BCUT2D eigenvalue weighted by Gasteiger charge is 2.25. The van der Waals surface area contributed by atoms with Crippen molar-refractivity contribution in [2.24, 2.45) is 11.7 Å². The molecule has 2 rings (SSSR count). The summed E-state index contributed by atoms with van der Waals surface area (Å²) in [5.41, 5.74) is 5.46. The van der Waals surface area contributed by atoms with E-state index in [4.69, 9.17) is 20.3 Å². The lowest BCUT2D eigenvalue weighted by molar-refractivity contribution is -0.138. The Balaban J connectivity index is 0.00000193. The third-order valence-electron chi connectivity index (χ3n) is 6.44. The van der Waals surface area contributed by atoms with Crippen LogP contribution in [-0.4, -0.2) is 109 Å². The number of imide groups is 1. The van der Waals surface area contributed by atoms with Gasteiger partial charge in [0, 0.05) is 37.2 Å². The summed E-state index contributed by atoms with van der Waals surface area (Å²) in [5, 5.41) is 20.2. The van der Waals surface area contributed by atoms with Crippen LogP contribution in [0.3, 0.4) is 0 Å². The van der Waals surface area contributed by atoms with Crippen LogP contribution in [0.5, 0.6) is 0 Å². The van der Waals surface area contributed by atoms with E-state index in [9.17, 15) is 43.2 Å². The van der Waals surface area contributed by atoms with E-state index in [1.54, 1.807) is 45.0 Å². The molecule has 20 heteroatoms. The number of hydrogen-bond acceptors (Lipinski definition) is 11. The molecule has 0 spiro atoms. The number of benzene rings is 1. The molecule has 294 valence electrons. The van der Waals surface area contributed by atoms with Crippen molar-refractivity contribution in [1.82, 2.24) is 26.2 Å². The number of nitrogens with one attached hydrogen (secondary N) is 5. The molecule has 8 amide bonds. The molecule has 0 aromatic heterocycles. The van der Waals surface area contributed by atoms with Gasteiger partial charge in [0.25, 0.3) is 11.8 Å². The highest BCUT2D eigenvalue weighted by molar-refractivity contribution is 7.39. The Kier molecular flexibility index (Phi) is 24.5. The maximum Gasteiger partial charge on any atom is 0.320 e. The highest BCUT2D eigenvalue weighted by Crippen LogP contribution is 2.11. The standard InChI is InChI=1S/C26H34N5O9P.C4H10N2O.C3H6O2/c1-16(2)24(25(37)28-14-20(33)29-18-5-3-17(4-6-18)15-40-26(38)41)30-21(34)13-27-19(32)9-11-39-12-10-31-22(35)7-8-23(31)36;1-2-3-6-4(5)7;1-2-3(4)5/h3-8,16,24H,9-15,41H2,1-2H3,(H,27,32)(H,28,37)(H,29,33)(H,30,34);2-3H2,1H3,(H3,5,6,7);2H2,1H3,(H,4,5). The molecular formula is C33H50N7O12P. The molecule has 19 nitrogen and oxygen atoms in total. The molecule has 53 heavy (non-hydrogen) atoms. The first-order valence-corrected chi connectivity index (χ1v) is 17.1. The number of rotatable bonds is 19. The number of nitrogens with two attached hydrogens (primary N) is 1. The zero-order valence-corrected chi connectivity index (χ0v) is 31.4. The van der Waals surface area contributed by atoms with E-state index in [1.807, 2.05) is 16.2 Å². The average Bonchev–Trinajstić information content (AvgIpc) is 3.43. The smallest absolute Gasteiger partial charge is 0.320 e. The predicted molar refractivity (Wildman–Crippen MR) is 195 cm³/mol. The summed E-state index contributed by atoms with van der Waals surface area (Å²) in [6, 6.07) is 5.22. The van der Waals surface area contributed by atoms with Crippen molar-refractivity contribution in [3.05, 3.63) is 42.0 Å². The zero-order valence-electron chi connectivity index (χ0n) is 30.2. The van der Waals surface area contributed by atoms with E-state index in [2.05, 4.69) is 26.6 Å². The van der Waals surface area contributed by atoms with Crippen LogP contribution >= 0.6 is 9.24 Å². The summed E-state index contributed by atoms with van der Waals surface area (Å²) in [6.07, 6.45) is 3.44. The fourth-order valence-corrected chi connectivity index (χ4v) is 3.75. The summed E-state index contributed by atoms with van der Waals surface area (Å²) >= 11 is 0. The summed E-state index contributed by atoms with van der Waals surface area (Å²) in [4.78, 5) is 103.